The molecular formula is C24H33BrN2O2. The maximum Gasteiger partial charge on any atom is 0.229 e. The smallest absolute Gasteiger partial charge is 0.229 e. The zero-order chi connectivity index (χ0) is 20.9. The van der Waals surface area contributed by atoms with Crippen LogP contribution >= 0.6 is 15.9 Å². The van der Waals surface area contributed by atoms with Gasteiger partial charge in [0, 0.05) is 6.20 Å². The lowest BCUT2D eigenvalue weighted by Gasteiger charge is -2.42. The number of rotatable bonds is 8. The molecule has 0 spiro atoms. The predicted octanol–water partition coefficient (Wildman–Crippen LogP) is 6.79. The highest BCUT2D eigenvalue weighted by molar-refractivity contribution is 9.10. The molecule has 0 bridgehead atoms. The molecule has 158 valence electrons. The molecular weight excluding hydrogens is 428 g/mol. The van der Waals surface area contributed by atoms with Crippen molar-refractivity contribution in [3.63, 3.8) is 0 Å². The van der Waals surface area contributed by atoms with E-state index in [1.54, 1.807) is 13.3 Å². The summed E-state index contributed by atoms with van der Waals surface area (Å²) in [5.74, 6) is 1.35. The summed E-state index contributed by atoms with van der Waals surface area (Å²) in [6, 6.07) is 12.7. The average molecular weight is 461 g/mol. The zero-order valence-electron chi connectivity index (χ0n) is 18.0. The molecule has 1 aromatic heterocycles. The quantitative estimate of drug-likeness (QED) is 0.406. The number of ether oxygens (including phenoxy) is 1. The van der Waals surface area contributed by atoms with Crippen LogP contribution in [0.5, 0.6) is 5.88 Å². The lowest BCUT2D eigenvalue weighted by Crippen LogP contribution is -2.40. The van der Waals surface area contributed by atoms with Crippen LogP contribution in [0, 0.1) is 11.3 Å². The van der Waals surface area contributed by atoms with Crippen LogP contribution in [0.25, 0.3) is 0 Å². The third kappa shape index (κ3) is 5.32. The van der Waals surface area contributed by atoms with E-state index < -0.39 is 0 Å². The van der Waals surface area contributed by atoms with E-state index in [1.165, 1.54) is 19.3 Å². The van der Waals surface area contributed by atoms with Crippen LogP contribution in [-0.2, 0) is 11.4 Å². The second kappa shape index (κ2) is 9.94. The van der Waals surface area contributed by atoms with Gasteiger partial charge in [-0.15, -0.1) is 0 Å². The fourth-order valence-corrected chi connectivity index (χ4v) is 4.77. The van der Waals surface area contributed by atoms with Crippen LogP contribution in [0.3, 0.4) is 0 Å². The first kappa shape index (κ1) is 22.1. The Morgan fingerprint density at radius 2 is 1.79 bits per heavy atom. The molecule has 0 radical (unpaired) electrons. The van der Waals surface area contributed by atoms with Gasteiger partial charge in [-0.25, -0.2) is 10.0 Å². The van der Waals surface area contributed by atoms with E-state index in [1.807, 2.05) is 24.3 Å². The summed E-state index contributed by atoms with van der Waals surface area (Å²) >= 11 is 3.68. The van der Waals surface area contributed by atoms with Crippen molar-refractivity contribution >= 4 is 21.6 Å². The van der Waals surface area contributed by atoms with Crippen molar-refractivity contribution in [2.24, 2.45) is 11.3 Å². The minimum atomic E-state index is 0.339. The molecule has 0 saturated heterocycles. The average Bonchev–Trinajstić information content (AvgIpc) is 2.76. The third-order valence-electron chi connectivity index (χ3n) is 6.53. The highest BCUT2D eigenvalue weighted by Crippen LogP contribution is 2.43. The molecule has 1 aromatic carbocycles. The van der Waals surface area contributed by atoms with E-state index >= 15 is 0 Å². The Kier molecular flexibility index (Phi) is 7.58. The van der Waals surface area contributed by atoms with Crippen LogP contribution < -0.4 is 9.80 Å². The summed E-state index contributed by atoms with van der Waals surface area (Å²) in [4.78, 5) is 10.7. The fraction of sp³-hybridized carbons (Fsp3) is 0.542. The molecule has 5 heteroatoms. The highest BCUT2D eigenvalue weighted by atomic mass is 79.9. The number of hydrogen-bond acceptors (Lipinski definition) is 4. The summed E-state index contributed by atoms with van der Waals surface area (Å²) < 4.78 is 6.26. The molecule has 1 saturated carbocycles. The highest BCUT2D eigenvalue weighted by Gasteiger charge is 2.35. The Hall–Kier alpha value is -1.59. The van der Waals surface area contributed by atoms with Gasteiger partial charge < -0.3 is 4.74 Å². The Labute approximate surface area is 183 Å². The number of hydrogen-bond donors (Lipinski definition) is 0. The summed E-state index contributed by atoms with van der Waals surface area (Å²) in [6.45, 7) is 7.66. The van der Waals surface area contributed by atoms with E-state index in [4.69, 9.17) is 9.57 Å². The van der Waals surface area contributed by atoms with Crippen LogP contribution in [-0.4, -0.2) is 18.1 Å². The molecule has 3 rings (SSSR count). The van der Waals surface area contributed by atoms with Gasteiger partial charge in [-0.2, -0.15) is 0 Å². The fourth-order valence-electron chi connectivity index (χ4n) is 4.20. The summed E-state index contributed by atoms with van der Waals surface area (Å²) in [6.07, 6.45) is 7.72. The van der Waals surface area contributed by atoms with E-state index in [0.717, 1.165) is 34.5 Å². The van der Waals surface area contributed by atoms with E-state index in [9.17, 15) is 0 Å². The number of anilines is 1. The minimum Gasteiger partial charge on any atom is -0.480 e. The van der Waals surface area contributed by atoms with Crippen molar-refractivity contribution in [3.8, 4) is 5.88 Å². The van der Waals surface area contributed by atoms with Crippen LogP contribution in [0.15, 0.2) is 47.1 Å². The van der Waals surface area contributed by atoms with Crippen molar-refractivity contribution in [1.82, 2.24) is 4.98 Å². The van der Waals surface area contributed by atoms with Gasteiger partial charge in [0.1, 0.15) is 4.47 Å². The standard InChI is InChI=1S/C24H33BrN2O2/c1-5-24(2,3)19-11-13-20(14-12-19)27(29-17-18-9-7-6-8-10-18)21-15-16-26-23(28-4)22(21)25/h6-10,15-16,19-20H,5,11-14,17H2,1-4H3/t19-,20+. The molecule has 2 aromatic rings. The number of pyridine rings is 1. The Morgan fingerprint density at radius 1 is 1.10 bits per heavy atom. The van der Waals surface area contributed by atoms with Gasteiger partial charge in [0.25, 0.3) is 0 Å². The second-order valence-electron chi connectivity index (χ2n) is 8.59. The molecule has 29 heavy (non-hydrogen) atoms. The van der Waals surface area contributed by atoms with Gasteiger partial charge in [0.2, 0.25) is 5.88 Å². The molecule has 4 nitrogen and oxygen atoms in total. The van der Waals surface area contributed by atoms with Gasteiger partial charge in [0.05, 0.1) is 25.4 Å². The summed E-state index contributed by atoms with van der Waals surface area (Å²) in [5.41, 5.74) is 2.54. The molecule has 0 aliphatic heterocycles. The first-order valence-corrected chi connectivity index (χ1v) is 11.4. The first-order chi connectivity index (χ1) is 14.0. The number of aromatic nitrogens is 1. The summed E-state index contributed by atoms with van der Waals surface area (Å²) in [5, 5.41) is 2.09. The van der Waals surface area contributed by atoms with Crippen LogP contribution in [0.2, 0.25) is 0 Å². The normalized spacial score (nSPS) is 19.8. The van der Waals surface area contributed by atoms with Crippen LogP contribution in [0.1, 0.15) is 58.4 Å². The van der Waals surface area contributed by atoms with Crippen molar-refractivity contribution < 1.29 is 9.57 Å². The topological polar surface area (TPSA) is 34.6 Å². The number of benzene rings is 1. The van der Waals surface area contributed by atoms with Gasteiger partial charge in [-0.1, -0.05) is 57.5 Å². The number of nitrogens with zero attached hydrogens (tertiary/aromatic N) is 2. The SMILES string of the molecule is CCC(C)(C)[C@H]1CC[C@@H](N(OCc2ccccc2)c2ccnc(OC)c2Br)CC1. The monoisotopic (exact) mass is 460 g/mol. The molecule has 1 fully saturated rings. The van der Waals surface area contributed by atoms with Gasteiger partial charge >= 0.3 is 0 Å². The van der Waals surface area contributed by atoms with Crippen molar-refractivity contribution in [2.45, 2.75) is 65.5 Å². The molecule has 1 aliphatic carbocycles. The largest absolute Gasteiger partial charge is 0.480 e. The van der Waals surface area contributed by atoms with Crippen LogP contribution in [0.4, 0.5) is 5.69 Å². The Morgan fingerprint density at radius 3 is 2.41 bits per heavy atom. The third-order valence-corrected chi connectivity index (χ3v) is 7.27. The van der Waals surface area contributed by atoms with Gasteiger partial charge in [0.15, 0.2) is 0 Å². The number of halogens is 1. The van der Waals surface area contributed by atoms with Crippen molar-refractivity contribution in [2.75, 3.05) is 12.2 Å². The van der Waals surface area contributed by atoms with Crippen molar-refractivity contribution in [3.05, 3.63) is 52.6 Å². The van der Waals surface area contributed by atoms with E-state index in [0.29, 0.717) is 23.9 Å². The molecule has 0 unspecified atom stereocenters. The number of hydroxylamine groups is 1. The Bertz CT molecular complexity index is 774. The first-order valence-electron chi connectivity index (χ1n) is 10.6. The molecule has 0 N–H and O–H groups in total. The molecule has 1 heterocycles. The summed E-state index contributed by atoms with van der Waals surface area (Å²) in [7, 11) is 1.64. The van der Waals surface area contributed by atoms with E-state index in [-0.39, 0.29) is 0 Å². The van der Waals surface area contributed by atoms with E-state index in [2.05, 4.69) is 58.9 Å². The lowest BCUT2D eigenvalue weighted by molar-refractivity contribution is 0.0473. The predicted molar refractivity (Wildman–Crippen MR) is 122 cm³/mol. The molecule has 1 aliphatic rings. The Balaban J connectivity index is 1.80. The minimum absolute atomic E-state index is 0.339. The maximum atomic E-state index is 6.40. The zero-order valence-corrected chi connectivity index (χ0v) is 19.6. The molecule has 0 atom stereocenters. The number of methoxy groups -OCH3 is 1. The van der Waals surface area contributed by atoms with Crippen molar-refractivity contribution in [1.29, 1.82) is 0 Å². The second-order valence-corrected chi connectivity index (χ2v) is 9.38. The lowest BCUT2D eigenvalue weighted by atomic mass is 9.69. The molecule has 0 amide bonds. The maximum absolute atomic E-state index is 6.40. The van der Waals surface area contributed by atoms with Gasteiger partial charge in [-0.3, -0.25) is 4.84 Å². The van der Waals surface area contributed by atoms with Gasteiger partial charge in [-0.05, 0) is 64.6 Å².